The molecule has 0 aliphatic carbocycles. The van der Waals surface area contributed by atoms with Crippen molar-refractivity contribution in [1.82, 2.24) is 14.5 Å². The van der Waals surface area contributed by atoms with E-state index in [2.05, 4.69) is 61.9 Å². The van der Waals surface area contributed by atoms with Crippen LogP contribution in [-0.2, 0) is 13.5 Å². The summed E-state index contributed by atoms with van der Waals surface area (Å²) in [6.45, 7) is 6.27. The van der Waals surface area contributed by atoms with Crippen LogP contribution in [0.2, 0.25) is 0 Å². The molecular weight excluding hydrogens is 324 g/mol. The second kappa shape index (κ2) is 6.47. The van der Waals surface area contributed by atoms with E-state index in [9.17, 15) is 0 Å². The average molecular weight is 352 g/mol. The number of hydrogen-bond donors (Lipinski definition) is 1. The summed E-state index contributed by atoms with van der Waals surface area (Å²) in [6.07, 6.45) is 4.27. The second-order valence-electron chi connectivity index (χ2n) is 7.73. The molecule has 1 aromatic carbocycles. The lowest BCUT2D eigenvalue weighted by atomic mass is 10.0. The minimum Gasteiger partial charge on any atom is -0.490 e. The third-order valence-electron chi connectivity index (χ3n) is 5.32. The first-order chi connectivity index (χ1) is 12.5. The van der Waals surface area contributed by atoms with E-state index in [1.807, 2.05) is 6.20 Å². The van der Waals surface area contributed by atoms with E-state index in [0.29, 0.717) is 0 Å². The van der Waals surface area contributed by atoms with Crippen molar-refractivity contribution in [3.8, 4) is 5.75 Å². The molecule has 0 amide bonds. The molecule has 3 aromatic rings. The van der Waals surface area contributed by atoms with Gasteiger partial charge in [-0.1, -0.05) is 0 Å². The van der Waals surface area contributed by atoms with Gasteiger partial charge in [0, 0.05) is 42.7 Å². The molecule has 5 heteroatoms. The Morgan fingerprint density at radius 1 is 1.31 bits per heavy atom. The summed E-state index contributed by atoms with van der Waals surface area (Å²) in [5.74, 6) is 2.01. The van der Waals surface area contributed by atoms with Crippen molar-refractivity contribution in [2.75, 3.05) is 32.5 Å². The van der Waals surface area contributed by atoms with Crippen LogP contribution in [0.25, 0.3) is 21.8 Å². The summed E-state index contributed by atoms with van der Waals surface area (Å²) >= 11 is 0. The molecule has 3 heterocycles. The number of ether oxygens (including phenoxy) is 1. The van der Waals surface area contributed by atoms with Gasteiger partial charge in [-0.05, 0) is 58.6 Å². The van der Waals surface area contributed by atoms with Crippen LogP contribution < -0.4 is 10.1 Å². The van der Waals surface area contributed by atoms with Crippen molar-refractivity contribution in [3.05, 3.63) is 29.5 Å². The molecule has 1 aliphatic rings. The van der Waals surface area contributed by atoms with Gasteiger partial charge < -0.3 is 19.5 Å². The highest BCUT2D eigenvalue weighted by Crippen LogP contribution is 2.42. The maximum absolute atomic E-state index is 6.01. The van der Waals surface area contributed by atoms with Gasteiger partial charge in [0.25, 0.3) is 0 Å². The number of aryl methyl sites for hydroxylation is 2. The molecule has 1 N–H and O–H groups in total. The first-order valence-corrected chi connectivity index (χ1v) is 9.42. The summed E-state index contributed by atoms with van der Waals surface area (Å²) in [5.41, 5.74) is 5.05. The first kappa shape index (κ1) is 17.2. The first-order valence-electron chi connectivity index (χ1n) is 9.42. The molecule has 2 aromatic heterocycles. The minimum atomic E-state index is 0.236. The van der Waals surface area contributed by atoms with Crippen molar-refractivity contribution in [2.24, 2.45) is 7.05 Å². The monoisotopic (exact) mass is 352 g/mol. The third-order valence-corrected chi connectivity index (χ3v) is 5.32. The molecule has 0 spiro atoms. The SMILES string of the molecule is Cc1cnc(NCCCN(C)C)c2c3c4c(ccc3n(C)c12)OC(C)C4. The zero-order chi connectivity index (χ0) is 18.4. The average Bonchev–Trinajstić information content (AvgIpc) is 3.11. The lowest BCUT2D eigenvalue weighted by Gasteiger charge is -2.12. The lowest BCUT2D eigenvalue weighted by molar-refractivity contribution is 0.254. The van der Waals surface area contributed by atoms with Crippen molar-refractivity contribution < 1.29 is 4.74 Å². The third kappa shape index (κ3) is 2.71. The van der Waals surface area contributed by atoms with E-state index in [1.54, 1.807) is 0 Å². The largest absolute Gasteiger partial charge is 0.490 e. The van der Waals surface area contributed by atoms with Crippen LogP contribution in [0.4, 0.5) is 5.82 Å². The fourth-order valence-electron chi connectivity index (χ4n) is 4.16. The Bertz CT molecular complexity index is 973. The van der Waals surface area contributed by atoms with E-state index < -0.39 is 0 Å². The number of benzene rings is 1. The molecule has 0 saturated carbocycles. The van der Waals surface area contributed by atoms with Crippen molar-refractivity contribution in [1.29, 1.82) is 0 Å². The van der Waals surface area contributed by atoms with Gasteiger partial charge in [-0.3, -0.25) is 0 Å². The maximum atomic E-state index is 6.01. The molecule has 0 saturated heterocycles. The quantitative estimate of drug-likeness (QED) is 0.711. The van der Waals surface area contributed by atoms with Gasteiger partial charge in [-0.25, -0.2) is 4.98 Å². The zero-order valence-electron chi connectivity index (χ0n) is 16.4. The van der Waals surface area contributed by atoms with Crippen LogP contribution in [0.15, 0.2) is 18.3 Å². The summed E-state index contributed by atoms with van der Waals surface area (Å²) in [4.78, 5) is 6.96. The van der Waals surface area contributed by atoms with Crippen molar-refractivity contribution in [2.45, 2.75) is 32.8 Å². The molecule has 1 aliphatic heterocycles. The van der Waals surface area contributed by atoms with Gasteiger partial charge >= 0.3 is 0 Å². The zero-order valence-corrected chi connectivity index (χ0v) is 16.4. The van der Waals surface area contributed by atoms with Gasteiger partial charge in [0.1, 0.15) is 17.7 Å². The van der Waals surface area contributed by atoms with Gasteiger partial charge in [0.15, 0.2) is 0 Å². The Hall–Kier alpha value is -2.27. The van der Waals surface area contributed by atoms with Crippen LogP contribution in [0.5, 0.6) is 5.75 Å². The van der Waals surface area contributed by atoms with Crippen LogP contribution in [-0.4, -0.2) is 47.7 Å². The molecule has 1 atom stereocenters. The van der Waals surface area contributed by atoms with Crippen LogP contribution in [0.3, 0.4) is 0 Å². The molecule has 5 nitrogen and oxygen atoms in total. The standard InChI is InChI=1S/C21H28N4O/c1-13-12-23-21(22-9-6-10-24(3)4)19-18-15-11-14(2)26-17(15)8-7-16(18)25(5)20(13)19/h7-8,12,14H,6,9-11H2,1-5H3,(H,22,23). The maximum Gasteiger partial charge on any atom is 0.136 e. The highest BCUT2D eigenvalue weighted by Gasteiger charge is 2.26. The van der Waals surface area contributed by atoms with Crippen LogP contribution in [0, 0.1) is 6.92 Å². The fourth-order valence-corrected chi connectivity index (χ4v) is 4.16. The number of nitrogens with zero attached hydrogens (tertiary/aromatic N) is 3. The predicted molar refractivity (Wildman–Crippen MR) is 108 cm³/mol. The smallest absolute Gasteiger partial charge is 0.136 e. The van der Waals surface area contributed by atoms with Gasteiger partial charge in [-0.2, -0.15) is 0 Å². The molecule has 1 unspecified atom stereocenters. The highest BCUT2D eigenvalue weighted by atomic mass is 16.5. The lowest BCUT2D eigenvalue weighted by Crippen LogP contribution is -2.16. The number of anilines is 1. The minimum absolute atomic E-state index is 0.236. The summed E-state index contributed by atoms with van der Waals surface area (Å²) < 4.78 is 8.31. The van der Waals surface area contributed by atoms with Crippen LogP contribution >= 0.6 is 0 Å². The predicted octanol–water partition coefficient (Wildman–Crippen LogP) is 3.72. The second-order valence-corrected chi connectivity index (χ2v) is 7.73. The van der Waals surface area contributed by atoms with Crippen molar-refractivity contribution in [3.63, 3.8) is 0 Å². The summed E-state index contributed by atoms with van der Waals surface area (Å²) in [5, 5.41) is 6.13. The molecule has 0 fully saturated rings. The number of hydrogen-bond acceptors (Lipinski definition) is 4. The van der Waals surface area contributed by atoms with Crippen LogP contribution in [0.1, 0.15) is 24.5 Å². The molecule has 0 bridgehead atoms. The Morgan fingerprint density at radius 3 is 2.88 bits per heavy atom. The number of pyridine rings is 1. The fraction of sp³-hybridized carbons (Fsp3) is 0.476. The molecular formula is C21H28N4O. The molecule has 0 radical (unpaired) electrons. The van der Waals surface area contributed by atoms with E-state index in [-0.39, 0.29) is 6.10 Å². The van der Waals surface area contributed by atoms with E-state index in [4.69, 9.17) is 9.72 Å². The number of fused-ring (bicyclic) bond motifs is 5. The normalized spacial score (nSPS) is 16.5. The molecule has 138 valence electrons. The van der Waals surface area contributed by atoms with Crippen molar-refractivity contribution >= 4 is 27.6 Å². The molecule has 26 heavy (non-hydrogen) atoms. The topological polar surface area (TPSA) is 42.3 Å². The van der Waals surface area contributed by atoms with E-state index in [1.165, 1.54) is 32.9 Å². The molecule has 4 rings (SSSR count). The summed E-state index contributed by atoms with van der Waals surface area (Å²) in [7, 11) is 6.37. The highest BCUT2D eigenvalue weighted by molar-refractivity contribution is 6.16. The van der Waals surface area contributed by atoms with Gasteiger partial charge in [0.05, 0.1) is 10.9 Å². The van der Waals surface area contributed by atoms with Gasteiger partial charge in [0.2, 0.25) is 0 Å². The summed E-state index contributed by atoms with van der Waals surface area (Å²) in [6, 6.07) is 4.30. The number of rotatable bonds is 5. The van der Waals surface area contributed by atoms with E-state index in [0.717, 1.165) is 37.5 Å². The number of nitrogens with one attached hydrogen (secondary N) is 1. The Labute approximate surface area is 155 Å². The van der Waals surface area contributed by atoms with E-state index >= 15 is 0 Å². The van der Waals surface area contributed by atoms with Gasteiger partial charge in [-0.15, -0.1) is 0 Å². The Kier molecular flexibility index (Phi) is 4.27. The Balaban J connectivity index is 1.87. The Morgan fingerprint density at radius 2 is 2.12 bits per heavy atom. The number of aromatic nitrogens is 2.